The zero-order chi connectivity index (χ0) is 103. The lowest BCUT2D eigenvalue weighted by Gasteiger charge is -2.18. The Balaban J connectivity index is 0.000000159. The highest BCUT2D eigenvalue weighted by atomic mass is 32.2. The number of benzene rings is 3. The maximum Gasteiger partial charge on any atom is 0.385 e. The summed E-state index contributed by atoms with van der Waals surface area (Å²) >= 11 is 9.47. The minimum absolute atomic E-state index is 0.00409. The summed E-state index contributed by atoms with van der Waals surface area (Å²) in [6.07, 6.45) is 0.527. The van der Waals surface area contributed by atoms with Gasteiger partial charge in [-0.15, -0.1) is 81.8 Å². The van der Waals surface area contributed by atoms with Crippen LogP contribution in [-0.4, -0.2) is 133 Å². The summed E-state index contributed by atoms with van der Waals surface area (Å²) in [5.74, 6) is 1.97. The number of H-pyrrole nitrogens is 7. The molecule has 0 saturated carbocycles. The molecule has 14 heterocycles. The van der Waals surface area contributed by atoms with Crippen molar-refractivity contribution in [2.45, 2.75) is 168 Å². The quantitative estimate of drug-likeness (QED) is 0.0189. The molecule has 0 aliphatic rings. The SMILES string of the molecule is CC(C)(C)c1[nH]oc(=O)c1N=Nc1snc2ccccc12.CCN(CC)S(=O)(=O)c1ccc2nsc(N=Nc3c(C(C)C)[nH]oc3=O)c2c1.CCSc1nnc(N=Nc2c(C(C)(C)C)[nH]oc2=O)s1.CCc1[nH]oc(=O)c1N=Nc1snc2c(S(N)(=O)=O)cccc12.Cc1nsc(N=Nc2c(C(C)C)[nH]oc2=O)n1.Cc1nsc(N=Nc2c(C(N)=O)[nH]oc2=O)n1.Cc1nsc(N=Nc2c(C)[nH]oc2=O)n1. The van der Waals surface area contributed by atoms with Crippen LogP contribution in [0.1, 0.15) is 171 Å². The van der Waals surface area contributed by atoms with Gasteiger partial charge in [-0.25, -0.2) is 107 Å². The van der Waals surface area contributed by atoms with E-state index in [0.29, 0.717) is 118 Å². The molecule has 3 aromatic carbocycles. The predicted molar refractivity (Wildman–Crippen MR) is 523 cm³/mol. The van der Waals surface area contributed by atoms with Crippen molar-refractivity contribution in [2.75, 3.05) is 18.8 Å². The molecule has 1 amide bonds. The largest absolute Gasteiger partial charge is 0.385 e. The average Bonchev–Trinajstić information content (AvgIpc) is 1.12. The maximum atomic E-state index is 12.8. The molecule has 0 saturated heterocycles. The van der Waals surface area contributed by atoms with Gasteiger partial charge in [0, 0.05) is 74.7 Å². The molecule has 141 heavy (non-hydrogen) atoms. The van der Waals surface area contributed by atoms with Gasteiger partial charge in [0.15, 0.2) is 59.2 Å². The van der Waals surface area contributed by atoms with E-state index in [0.717, 1.165) is 78.7 Å². The van der Waals surface area contributed by atoms with E-state index in [-0.39, 0.29) is 88.6 Å². The van der Waals surface area contributed by atoms with Crippen LogP contribution in [0.4, 0.5) is 75.3 Å². The van der Waals surface area contributed by atoms with Crippen molar-refractivity contribution in [3.8, 4) is 0 Å². The van der Waals surface area contributed by atoms with E-state index in [1.807, 2.05) is 107 Å². The highest BCUT2D eigenvalue weighted by Gasteiger charge is 2.29. The smallest absolute Gasteiger partial charge is 0.364 e. The Morgan fingerprint density at radius 1 is 0.447 bits per heavy atom. The van der Waals surface area contributed by atoms with Crippen LogP contribution in [0.15, 0.2) is 212 Å². The number of hydrogen-bond donors (Lipinski definition) is 9. The number of aromatic nitrogens is 18. The second-order valence-corrected chi connectivity index (χ2v) is 41.3. The first-order valence-electron chi connectivity index (χ1n) is 41.1. The number of carbonyl (C=O) groups excluding carboxylic acids is 1. The zero-order valence-corrected chi connectivity index (χ0v) is 85.5. The van der Waals surface area contributed by atoms with E-state index < -0.39 is 65.3 Å². The average molecular weight is 2130 g/mol. The molecule has 64 heteroatoms. The lowest BCUT2D eigenvalue weighted by molar-refractivity contribution is 0.0992. The molecule has 0 aliphatic carbocycles. The summed E-state index contributed by atoms with van der Waals surface area (Å²) in [7, 11) is -7.49. The second kappa shape index (κ2) is 47.4. The van der Waals surface area contributed by atoms with Crippen LogP contribution < -0.4 is 50.3 Å². The molecule has 0 radical (unpaired) electrons. The van der Waals surface area contributed by atoms with Crippen molar-refractivity contribution >= 4 is 226 Å². The fraction of sp³-hybridized carbons (Fsp3) is 0.338. The summed E-state index contributed by atoms with van der Waals surface area (Å²) in [6.45, 7) is 34.5. The van der Waals surface area contributed by atoms with E-state index in [4.69, 9.17) is 24.4 Å². The monoisotopic (exact) mass is 2120 g/mol. The Kier molecular flexibility index (Phi) is 36.0. The summed E-state index contributed by atoms with van der Waals surface area (Å²) in [4.78, 5) is 103. The number of primary amides is 1. The number of azo groups is 7. The van der Waals surface area contributed by atoms with Crippen molar-refractivity contribution in [2.24, 2.45) is 82.5 Å². The van der Waals surface area contributed by atoms with Gasteiger partial charge in [0.25, 0.3) is 11.0 Å². The Morgan fingerprint density at radius 3 is 1.35 bits per heavy atom. The lowest BCUT2D eigenvalue weighted by Crippen LogP contribution is -2.30. The fourth-order valence-electron chi connectivity index (χ4n) is 11.2. The van der Waals surface area contributed by atoms with Crippen molar-refractivity contribution in [1.82, 2.24) is 91.8 Å². The summed E-state index contributed by atoms with van der Waals surface area (Å²) in [5.41, 5.74) is 5.82. The molecule has 0 spiro atoms. The van der Waals surface area contributed by atoms with Crippen LogP contribution in [-0.2, 0) is 37.3 Å². The second-order valence-electron chi connectivity index (χ2n) is 31.0. The summed E-state index contributed by atoms with van der Waals surface area (Å²) in [5, 5.41) is 90.0. The molecular weight excluding hydrogens is 2040 g/mol. The minimum Gasteiger partial charge on any atom is -0.364 e. The minimum atomic E-state index is -3.89. The number of nitrogens with two attached hydrogens (primary N) is 2. The topological polar surface area (TPSA) is 777 Å². The van der Waals surface area contributed by atoms with Crippen LogP contribution in [0.2, 0.25) is 0 Å². The number of fused-ring (bicyclic) bond motifs is 3. The first-order chi connectivity index (χ1) is 66.9. The molecule has 742 valence electrons. The zero-order valence-electron chi connectivity index (χ0n) is 77.4. The number of primary sulfonamides is 1. The number of thioether (sulfide) groups is 1. The van der Waals surface area contributed by atoms with Crippen LogP contribution in [0.5, 0.6) is 0 Å². The molecule has 0 aliphatic heterocycles. The number of amides is 1. The first kappa shape index (κ1) is 107. The maximum absolute atomic E-state index is 12.8. The standard InChI is InChI=1S/C17H21N5O4S2.C14H14N4O2S.C12H11N5O4S2.C11H15N5O2S2.C9H11N5O2S.C7H6N6O3S.C7H7N5O2S/c1-5-22(6-2)28(24,25)11-7-8-13-12(9-11)16(27-21-13)19-18-15-14(10(3)4)20-26-17(15)23;1-14(2,3)11-10(13(19)20-17-11)15-16-12-8-6-4-5-7-9(8)18-21-12;1-2-7-10(12(18)21-16-7)14-15-11-6-4-3-5-8(23(13,19)20)9(6)17-22-11;1-5-19-10-15-14-9(20-10)13-12-6-7(11(2,3)4)16-18-8(6)17;1-4(2)6-7(8(15)16-13-6)11-12-9-10-5(3)14-17-9;1-2-9-7(17-13-2)11-10-4-3(5(8)14)12-16-6(4)15;1-3-5(6(13)14-11-3)9-10-7-8-4(2)12-15-7/h7-10,20H,5-6H2,1-4H3;4-7,17H,1-3H3;3-5,16H,2H2,1H3,(H2,13,19,20);16H,5H2,1-4H3;4,13H,1-3H3;12H,1H3,(H2,8,14);11H,1-2H3. The molecule has 17 rings (SSSR count). The fourth-order valence-corrected chi connectivity index (χ4v) is 18.6. The highest BCUT2D eigenvalue weighted by Crippen LogP contribution is 2.40. The van der Waals surface area contributed by atoms with Crippen molar-refractivity contribution in [3.63, 3.8) is 0 Å². The molecule has 17 aromatic rings. The van der Waals surface area contributed by atoms with Gasteiger partial charge in [-0.2, -0.15) is 30.5 Å². The van der Waals surface area contributed by atoms with Gasteiger partial charge >= 0.3 is 39.4 Å². The number of carbonyl (C=O) groups is 1. The van der Waals surface area contributed by atoms with Crippen LogP contribution in [0.25, 0.3) is 32.7 Å². The first-order valence-corrected chi connectivity index (χ1v) is 50.5. The van der Waals surface area contributed by atoms with Gasteiger partial charge in [-0.3, -0.25) is 4.79 Å². The van der Waals surface area contributed by atoms with Crippen LogP contribution in [0.3, 0.4) is 0 Å². The van der Waals surface area contributed by atoms with E-state index in [2.05, 4.69) is 177 Å². The van der Waals surface area contributed by atoms with E-state index in [1.54, 1.807) is 71.5 Å². The Morgan fingerprint density at radius 2 is 0.865 bits per heavy atom. The van der Waals surface area contributed by atoms with Crippen LogP contribution >= 0.6 is 92.3 Å². The molecule has 14 aromatic heterocycles. The van der Waals surface area contributed by atoms with Crippen LogP contribution in [0, 0.1) is 27.7 Å². The molecule has 0 bridgehead atoms. The third-order valence-electron chi connectivity index (χ3n) is 18.1. The van der Waals surface area contributed by atoms with E-state index >= 15 is 0 Å². The number of rotatable bonds is 25. The van der Waals surface area contributed by atoms with Gasteiger partial charge in [0.1, 0.15) is 27.9 Å². The molecular formula is C77H85N35O19S10. The Hall–Kier alpha value is -14.5. The van der Waals surface area contributed by atoms with Gasteiger partial charge in [-0.1, -0.05) is 138 Å². The number of aryl methyl sites for hydroxylation is 5. The Labute approximate surface area is 825 Å². The van der Waals surface area contributed by atoms with Gasteiger partial charge in [0.05, 0.1) is 50.1 Å². The predicted octanol–water partition coefficient (Wildman–Crippen LogP) is 19.4. The molecule has 54 nitrogen and oxygen atoms in total. The van der Waals surface area contributed by atoms with Gasteiger partial charge < -0.3 is 37.4 Å². The lowest BCUT2D eigenvalue weighted by atomic mass is 9.91. The number of hydrogen-bond acceptors (Lipinski definition) is 52. The summed E-state index contributed by atoms with van der Waals surface area (Å²) < 4.78 is 108. The molecule has 11 N–H and O–H groups in total. The normalized spacial score (nSPS) is 12.2. The third kappa shape index (κ3) is 27.6. The van der Waals surface area contributed by atoms with Crippen molar-refractivity contribution in [3.05, 3.63) is 191 Å². The van der Waals surface area contributed by atoms with Gasteiger partial charge in [0.2, 0.25) is 41.1 Å². The Bertz CT molecular complexity index is 8160. The number of nitrogens with one attached hydrogen (secondary N) is 7. The molecule has 0 fully saturated rings. The van der Waals surface area contributed by atoms with Crippen molar-refractivity contribution < 1.29 is 53.3 Å². The third-order valence-corrected chi connectivity index (χ3v) is 27.2. The highest BCUT2D eigenvalue weighted by molar-refractivity contribution is 8.01. The summed E-state index contributed by atoms with van der Waals surface area (Å²) in [6, 6.07) is 17.0. The van der Waals surface area contributed by atoms with E-state index in [9.17, 15) is 55.2 Å². The number of aromatic amines is 7. The number of nitrogens with zero attached hydrogens (tertiary/aromatic N) is 26. The number of sulfonamides is 2. The molecule has 0 unspecified atom stereocenters. The van der Waals surface area contributed by atoms with Gasteiger partial charge in [-0.05, 0) is 129 Å². The van der Waals surface area contributed by atoms with E-state index in [1.165, 1.54) is 45.4 Å². The molecule has 0 atom stereocenters. The van der Waals surface area contributed by atoms with Crippen molar-refractivity contribution in [1.29, 1.82) is 0 Å².